The lowest BCUT2D eigenvalue weighted by molar-refractivity contribution is -0.151. The number of amides is 1. The summed E-state index contributed by atoms with van der Waals surface area (Å²) < 4.78 is 23.6. The molecule has 2 aliphatic heterocycles. The molecule has 2 heterocycles. The zero-order valence-electron chi connectivity index (χ0n) is 31.8. The molecule has 0 spiro atoms. The van der Waals surface area contributed by atoms with Crippen LogP contribution in [-0.2, 0) is 23.7 Å². The summed E-state index contributed by atoms with van der Waals surface area (Å²) in [4.78, 5) is 30.1. The number of nitrogens with zero attached hydrogens (tertiary/aromatic N) is 2. The highest BCUT2D eigenvalue weighted by Crippen LogP contribution is 2.37. The summed E-state index contributed by atoms with van der Waals surface area (Å²) in [6, 6.07) is 0. The summed E-state index contributed by atoms with van der Waals surface area (Å²) in [5, 5.41) is 32.0. The second kappa shape index (κ2) is 19.9. The van der Waals surface area contributed by atoms with Gasteiger partial charge in [-0.2, -0.15) is 0 Å². The van der Waals surface area contributed by atoms with E-state index in [1.54, 1.807) is 50.3 Å². The van der Waals surface area contributed by atoms with Crippen molar-refractivity contribution in [3.63, 3.8) is 0 Å². The highest BCUT2D eigenvalue weighted by atomic mass is 16.6. The monoisotopic (exact) mass is 694 g/mol. The molecule has 10 unspecified atom stereocenters. The van der Waals surface area contributed by atoms with E-state index in [0.29, 0.717) is 25.8 Å². The van der Waals surface area contributed by atoms with Gasteiger partial charge in [0.2, 0.25) is 0 Å². The lowest BCUT2D eigenvalue weighted by atomic mass is 9.88. The minimum absolute atomic E-state index is 0.00543. The Balaban J connectivity index is 2.23. The zero-order chi connectivity index (χ0) is 36.9. The Labute approximate surface area is 295 Å². The molecule has 11 heteroatoms. The van der Waals surface area contributed by atoms with Crippen molar-refractivity contribution in [3.8, 4) is 0 Å². The van der Waals surface area contributed by atoms with Crippen molar-refractivity contribution in [2.45, 2.75) is 142 Å². The highest BCUT2D eigenvalue weighted by Gasteiger charge is 2.47. The number of hydrogen-bond acceptors (Lipinski definition) is 10. The maximum absolute atomic E-state index is 13.3. The maximum Gasteiger partial charge on any atom is 0.410 e. The number of methoxy groups -OCH3 is 1. The van der Waals surface area contributed by atoms with Crippen LogP contribution in [0.5, 0.6) is 0 Å². The van der Waals surface area contributed by atoms with Crippen LogP contribution >= 0.6 is 0 Å². The van der Waals surface area contributed by atoms with Crippen LogP contribution in [0.15, 0.2) is 36.0 Å². The van der Waals surface area contributed by atoms with Gasteiger partial charge in [-0.15, -0.1) is 0 Å². The van der Waals surface area contributed by atoms with Crippen LogP contribution in [0.1, 0.15) is 93.9 Å². The standard InChI is InChI=1S/C38H66N2O9/c1-11-30(42)28(6)35-31(47-35)25-37(7,45)20-14-16-26(4)34-27(5)17-18-32(38(8,46-10)21-19-29(41)24-33(43)49-34)48-36(44)39(9)22-15-23-40(12-2)13-3/h14,16-18,20,27-32,34-35,41-42,45H,11-13,15,19,21-25H2,1-10H3/b18-17+,20-14+,26-16+. The molecule has 1 saturated heterocycles. The Morgan fingerprint density at radius 2 is 1.90 bits per heavy atom. The molecule has 1 fully saturated rings. The van der Waals surface area contributed by atoms with Gasteiger partial charge < -0.3 is 44.1 Å². The fourth-order valence-electron chi connectivity index (χ4n) is 6.37. The normalized spacial score (nSPS) is 31.6. The third-order valence-corrected chi connectivity index (χ3v) is 10.2. The van der Waals surface area contributed by atoms with E-state index in [-0.39, 0.29) is 36.9 Å². The van der Waals surface area contributed by atoms with Gasteiger partial charge in [0.1, 0.15) is 11.7 Å². The van der Waals surface area contributed by atoms with Gasteiger partial charge in [-0.1, -0.05) is 58.9 Å². The number of allylic oxidation sites excluding steroid dienone is 2. The molecule has 2 rings (SSSR count). The molecule has 2 aliphatic rings. The van der Waals surface area contributed by atoms with Gasteiger partial charge in [-0.05, 0) is 77.7 Å². The van der Waals surface area contributed by atoms with Crippen LogP contribution < -0.4 is 0 Å². The van der Waals surface area contributed by atoms with Crippen LogP contribution in [0.3, 0.4) is 0 Å². The van der Waals surface area contributed by atoms with E-state index in [1.165, 1.54) is 0 Å². The van der Waals surface area contributed by atoms with Gasteiger partial charge in [0.25, 0.3) is 0 Å². The van der Waals surface area contributed by atoms with E-state index in [0.717, 1.165) is 31.6 Å². The van der Waals surface area contributed by atoms with Crippen LogP contribution in [0.4, 0.5) is 4.79 Å². The predicted octanol–water partition coefficient (Wildman–Crippen LogP) is 5.03. The third-order valence-electron chi connectivity index (χ3n) is 10.2. The Morgan fingerprint density at radius 1 is 1.22 bits per heavy atom. The molecule has 10 atom stereocenters. The lowest BCUT2D eigenvalue weighted by Gasteiger charge is -2.36. The summed E-state index contributed by atoms with van der Waals surface area (Å²) in [5.41, 5.74) is -1.37. The smallest absolute Gasteiger partial charge is 0.410 e. The van der Waals surface area contributed by atoms with E-state index in [2.05, 4.69) is 18.7 Å². The number of hydrogen-bond donors (Lipinski definition) is 3. The molecule has 0 aromatic rings. The van der Waals surface area contributed by atoms with E-state index < -0.39 is 47.7 Å². The van der Waals surface area contributed by atoms with Crippen LogP contribution in [0, 0.1) is 11.8 Å². The summed E-state index contributed by atoms with van der Waals surface area (Å²) in [6.45, 7) is 18.8. The number of carbonyl (C=O) groups excluding carboxylic acids is 2. The van der Waals surface area contributed by atoms with Crippen molar-refractivity contribution < 1.29 is 43.9 Å². The first-order chi connectivity index (χ1) is 23.0. The molecular weight excluding hydrogens is 628 g/mol. The first-order valence-corrected chi connectivity index (χ1v) is 18.2. The molecule has 11 nitrogen and oxygen atoms in total. The van der Waals surface area contributed by atoms with Gasteiger partial charge in [0.05, 0.1) is 36.4 Å². The first-order valence-electron chi connectivity index (χ1n) is 18.2. The minimum Gasteiger partial charge on any atom is -0.457 e. The molecule has 0 bridgehead atoms. The van der Waals surface area contributed by atoms with Gasteiger partial charge in [-0.3, -0.25) is 4.79 Å². The van der Waals surface area contributed by atoms with Crippen LogP contribution in [0.25, 0.3) is 0 Å². The lowest BCUT2D eigenvalue weighted by Crippen LogP contribution is -2.46. The molecular formula is C38H66N2O9. The molecule has 0 aromatic carbocycles. The maximum atomic E-state index is 13.3. The van der Waals surface area contributed by atoms with Gasteiger partial charge in [-0.25, -0.2) is 4.79 Å². The van der Waals surface area contributed by atoms with E-state index in [4.69, 9.17) is 18.9 Å². The summed E-state index contributed by atoms with van der Waals surface area (Å²) in [6.07, 6.45) is 7.66. The van der Waals surface area contributed by atoms with Crippen LogP contribution in [-0.4, -0.2) is 125 Å². The Morgan fingerprint density at radius 3 is 2.51 bits per heavy atom. The summed E-state index contributed by atoms with van der Waals surface area (Å²) in [7, 11) is 3.28. The van der Waals surface area contributed by atoms with Crippen molar-refractivity contribution in [2.24, 2.45) is 11.8 Å². The van der Waals surface area contributed by atoms with Crippen molar-refractivity contribution in [2.75, 3.05) is 40.3 Å². The molecule has 0 aliphatic carbocycles. The van der Waals surface area contributed by atoms with E-state index >= 15 is 0 Å². The van der Waals surface area contributed by atoms with E-state index in [1.807, 2.05) is 40.7 Å². The second-order valence-corrected chi connectivity index (χ2v) is 14.5. The molecule has 0 saturated carbocycles. The average Bonchev–Trinajstić information content (AvgIpc) is 3.82. The topological polar surface area (TPSA) is 142 Å². The molecule has 0 aromatic heterocycles. The van der Waals surface area contributed by atoms with Gasteiger partial charge >= 0.3 is 12.1 Å². The number of aliphatic hydroxyl groups excluding tert-OH is 2. The minimum atomic E-state index is -1.15. The Bertz CT molecular complexity index is 1120. The summed E-state index contributed by atoms with van der Waals surface area (Å²) >= 11 is 0. The molecule has 1 amide bonds. The Kier molecular flexibility index (Phi) is 17.4. The van der Waals surface area contributed by atoms with Crippen molar-refractivity contribution in [3.05, 3.63) is 36.0 Å². The number of esters is 1. The predicted molar refractivity (Wildman–Crippen MR) is 191 cm³/mol. The van der Waals surface area contributed by atoms with Crippen molar-refractivity contribution in [1.82, 2.24) is 9.80 Å². The molecule has 3 N–H and O–H groups in total. The number of cyclic esters (lactones) is 1. The van der Waals surface area contributed by atoms with Crippen LogP contribution in [0.2, 0.25) is 0 Å². The first kappa shape index (κ1) is 42.9. The van der Waals surface area contributed by atoms with Gasteiger partial charge in [0, 0.05) is 39.0 Å². The largest absolute Gasteiger partial charge is 0.457 e. The summed E-state index contributed by atoms with van der Waals surface area (Å²) in [5.74, 6) is -0.850. The number of epoxide rings is 1. The molecule has 0 radical (unpaired) electrons. The number of rotatable bonds is 16. The average molecular weight is 695 g/mol. The van der Waals surface area contributed by atoms with E-state index in [9.17, 15) is 24.9 Å². The number of ether oxygens (including phenoxy) is 4. The second-order valence-electron chi connectivity index (χ2n) is 14.5. The fraction of sp³-hybridized carbons (Fsp3) is 0.789. The molecule has 49 heavy (non-hydrogen) atoms. The van der Waals surface area contributed by atoms with Gasteiger partial charge in [0.15, 0.2) is 6.10 Å². The van der Waals surface area contributed by atoms with Crippen molar-refractivity contribution in [1.29, 1.82) is 0 Å². The Hall–Kier alpha value is -2.28. The third kappa shape index (κ3) is 13.8. The molecule has 282 valence electrons. The number of aliphatic hydroxyl groups is 3. The fourth-order valence-corrected chi connectivity index (χ4v) is 6.37. The SMILES string of the molecule is CCC(O)C(C)C1OC1CC(C)(O)/C=C/C=C(\C)C1OC(=O)CC(O)CCC(C)(OC)C(OC(=O)N(C)CCCN(CC)CC)/C=C/C1C. The van der Waals surface area contributed by atoms with Crippen molar-refractivity contribution >= 4 is 12.1 Å². The zero-order valence-corrected chi connectivity index (χ0v) is 31.8. The number of carbonyl (C=O) groups is 2. The highest BCUT2D eigenvalue weighted by molar-refractivity contribution is 5.70. The quantitative estimate of drug-likeness (QED) is 0.0872.